The first-order valence-electron chi connectivity index (χ1n) is 13.3. The summed E-state index contributed by atoms with van der Waals surface area (Å²) >= 11 is 1.31. The normalized spacial score (nSPS) is 18.5. The van der Waals surface area contributed by atoms with Crippen LogP contribution in [0.3, 0.4) is 0 Å². The summed E-state index contributed by atoms with van der Waals surface area (Å²) in [6, 6.07) is 17.8. The number of aromatic carboxylic acids is 1. The summed E-state index contributed by atoms with van der Waals surface area (Å²) in [7, 11) is 0. The lowest BCUT2D eigenvalue weighted by atomic mass is 10.0. The van der Waals surface area contributed by atoms with Crippen LogP contribution < -0.4 is 5.32 Å². The van der Waals surface area contributed by atoms with Crippen LogP contribution >= 0.6 is 11.8 Å². The zero-order valence-corrected chi connectivity index (χ0v) is 23.1. The van der Waals surface area contributed by atoms with E-state index in [1.54, 1.807) is 30.5 Å². The maximum Gasteiger partial charge on any atom is 0.338 e. The fourth-order valence-electron chi connectivity index (χ4n) is 4.41. The number of carbonyl (C=O) groups is 3. The molecule has 0 spiro atoms. The van der Waals surface area contributed by atoms with Crippen LogP contribution in [-0.4, -0.2) is 50.0 Å². The largest absolute Gasteiger partial charge is 0.481 e. The molecule has 41 heavy (non-hydrogen) atoms. The highest BCUT2D eigenvalue weighted by molar-refractivity contribution is 7.99. The molecule has 4 rings (SSSR count). The zero-order valence-electron chi connectivity index (χ0n) is 22.3. The number of unbranched alkanes of at least 4 members (excludes halogenated alkanes) is 1. The predicted octanol–water partition coefficient (Wildman–Crippen LogP) is 5.19. The Morgan fingerprint density at radius 2 is 1.73 bits per heavy atom. The number of aliphatic carboxylic acids is 1. The Bertz CT molecular complexity index is 1350. The molecule has 1 aromatic heterocycles. The van der Waals surface area contributed by atoms with Crippen molar-refractivity contribution in [3.8, 4) is 0 Å². The second-order valence-electron chi connectivity index (χ2n) is 9.60. The Hall–Kier alpha value is -3.77. The minimum absolute atomic E-state index is 0.0282. The van der Waals surface area contributed by atoms with E-state index in [0.29, 0.717) is 41.3 Å². The van der Waals surface area contributed by atoms with Crippen molar-refractivity contribution in [1.82, 2.24) is 4.98 Å². The third-order valence-electron chi connectivity index (χ3n) is 6.51. The molecule has 0 bridgehead atoms. The van der Waals surface area contributed by atoms with Crippen LogP contribution in [-0.2, 0) is 25.7 Å². The summed E-state index contributed by atoms with van der Waals surface area (Å²) in [5.41, 5.74) is 3.10. The lowest BCUT2D eigenvalue weighted by molar-refractivity contribution is -0.245. The van der Waals surface area contributed by atoms with Crippen molar-refractivity contribution in [2.45, 2.75) is 62.2 Å². The number of aliphatic hydroxyl groups excluding tert-OH is 1. The molecule has 4 N–H and O–H groups in total. The predicted molar refractivity (Wildman–Crippen MR) is 152 cm³/mol. The number of ether oxygens (including phenoxy) is 2. The minimum Gasteiger partial charge on any atom is -0.481 e. The number of hydrogen-bond acceptors (Lipinski definition) is 8. The van der Waals surface area contributed by atoms with Gasteiger partial charge in [-0.3, -0.25) is 9.59 Å². The third kappa shape index (κ3) is 8.86. The van der Waals surface area contributed by atoms with Crippen molar-refractivity contribution >= 4 is 35.3 Å². The van der Waals surface area contributed by atoms with Gasteiger partial charge in [0.15, 0.2) is 6.29 Å². The molecule has 0 radical (unpaired) electrons. The summed E-state index contributed by atoms with van der Waals surface area (Å²) in [5, 5.41) is 31.0. The number of carbonyl (C=O) groups excluding carboxylic acids is 1. The van der Waals surface area contributed by atoms with Crippen LogP contribution in [0, 0.1) is 0 Å². The van der Waals surface area contributed by atoms with E-state index in [4.69, 9.17) is 14.6 Å². The van der Waals surface area contributed by atoms with E-state index in [9.17, 15) is 24.6 Å². The second-order valence-corrected chi connectivity index (χ2v) is 10.6. The number of rotatable bonds is 13. The number of hydrogen-bond donors (Lipinski definition) is 4. The van der Waals surface area contributed by atoms with Gasteiger partial charge in [-0.2, -0.15) is 0 Å². The van der Waals surface area contributed by atoms with Crippen molar-refractivity contribution in [2.75, 3.05) is 11.1 Å². The van der Waals surface area contributed by atoms with Crippen molar-refractivity contribution in [3.63, 3.8) is 0 Å². The van der Waals surface area contributed by atoms with E-state index in [-0.39, 0.29) is 43.1 Å². The third-order valence-corrected chi connectivity index (χ3v) is 7.65. The Morgan fingerprint density at radius 3 is 2.46 bits per heavy atom. The molecule has 1 aliphatic heterocycles. The number of aliphatic hydroxyl groups is 1. The molecule has 216 valence electrons. The number of amides is 1. The number of benzene rings is 2. The molecule has 2 heterocycles. The lowest BCUT2D eigenvalue weighted by Gasteiger charge is -2.36. The first-order valence-corrected chi connectivity index (χ1v) is 14.2. The maximum atomic E-state index is 12.4. The van der Waals surface area contributed by atoms with Gasteiger partial charge in [0.2, 0.25) is 5.91 Å². The molecular weight excluding hydrogens is 548 g/mol. The molecule has 3 atom stereocenters. The van der Waals surface area contributed by atoms with Crippen molar-refractivity contribution in [1.29, 1.82) is 0 Å². The van der Waals surface area contributed by atoms with Gasteiger partial charge in [-0.1, -0.05) is 36.4 Å². The fraction of sp³-hybridized carbons (Fsp3) is 0.333. The van der Waals surface area contributed by atoms with E-state index < -0.39 is 18.2 Å². The van der Waals surface area contributed by atoms with E-state index >= 15 is 0 Å². The SMILES string of the molecule is O=C(O)CCCCC(=O)Nc1cccc(C2OC(CSc3ncccc3C(=O)O)CC(c3ccc(CO)cc3)O2)c1. The smallest absolute Gasteiger partial charge is 0.338 e. The average Bonchev–Trinajstić information content (AvgIpc) is 2.98. The quantitative estimate of drug-likeness (QED) is 0.157. The first kappa shape index (κ1) is 30.2. The zero-order chi connectivity index (χ0) is 29.2. The number of anilines is 1. The molecule has 3 unspecified atom stereocenters. The number of carboxylic acids is 2. The summed E-state index contributed by atoms with van der Waals surface area (Å²) in [6.45, 7) is -0.0646. The lowest BCUT2D eigenvalue weighted by Crippen LogP contribution is -2.31. The van der Waals surface area contributed by atoms with Gasteiger partial charge in [0.25, 0.3) is 0 Å². The number of aromatic nitrogens is 1. The highest BCUT2D eigenvalue weighted by atomic mass is 32.2. The van der Waals surface area contributed by atoms with Crippen LogP contribution in [0.1, 0.15) is 71.5 Å². The highest BCUT2D eigenvalue weighted by Gasteiger charge is 2.32. The van der Waals surface area contributed by atoms with Gasteiger partial charge in [-0.05, 0) is 48.2 Å². The standard InChI is InChI=1S/C30H32N2O8S/c33-17-19-10-12-20(13-11-19)25-16-23(18-41-28-24(29(37)38)7-4-14-31-28)39-30(40-25)21-5-3-6-22(15-21)32-26(34)8-1-2-9-27(35)36/h3-7,10-15,23,25,30,33H,1-2,8-9,16-18H2,(H,32,34)(H,35,36)(H,37,38). The van der Waals surface area contributed by atoms with Gasteiger partial charge in [0.1, 0.15) is 5.03 Å². The summed E-state index contributed by atoms with van der Waals surface area (Å²) in [4.78, 5) is 38.9. The Balaban J connectivity index is 1.49. The van der Waals surface area contributed by atoms with Crippen LogP contribution in [0.2, 0.25) is 0 Å². The van der Waals surface area contributed by atoms with Crippen LogP contribution in [0.4, 0.5) is 5.69 Å². The van der Waals surface area contributed by atoms with E-state index in [0.717, 1.165) is 11.1 Å². The maximum absolute atomic E-state index is 12.4. The van der Waals surface area contributed by atoms with Gasteiger partial charge >= 0.3 is 11.9 Å². The monoisotopic (exact) mass is 580 g/mol. The topological polar surface area (TPSA) is 155 Å². The molecular formula is C30H32N2O8S. The van der Waals surface area contributed by atoms with Crippen molar-refractivity contribution < 1.29 is 39.2 Å². The Kier molecular flexibility index (Phi) is 10.9. The minimum atomic E-state index is -1.05. The Labute approximate surface area is 241 Å². The van der Waals surface area contributed by atoms with Gasteiger partial charge in [-0.25, -0.2) is 9.78 Å². The van der Waals surface area contributed by atoms with E-state index in [1.807, 2.05) is 30.3 Å². The van der Waals surface area contributed by atoms with Gasteiger partial charge in [0, 0.05) is 42.5 Å². The molecule has 0 saturated carbocycles. The number of nitrogens with one attached hydrogen (secondary N) is 1. The van der Waals surface area contributed by atoms with Gasteiger partial charge in [0.05, 0.1) is 24.4 Å². The molecule has 1 saturated heterocycles. The van der Waals surface area contributed by atoms with E-state index in [1.165, 1.54) is 17.8 Å². The Morgan fingerprint density at radius 1 is 0.951 bits per heavy atom. The molecule has 2 aromatic carbocycles. The summed E-state index contributed by atoms with van der Waals surface area (Å²) in [5.74, 6) is -1.70. The highest BCUT2D eigenvalue weighted by Crippen LogP contribution is 2.40. The molecule has 1 fully saturated rings. The number of carboxylic acid groups (broad SMARTS) is 2. The fourth-order valence-corrected chi connectivity index (χ4v) is 5.42. The summed E-state index contributed by atoms with van der Waals surface area (Å²) < 4.78 is 12.7. The molecule has 11 heteroatoms. The molecule has 0 aliphatic carbocycles. The number of pyridine rings is 1. The van der Waals surface area contributed by atoms with Crippen LogP contribution in [0.25, 0.3) is 0 Å². The van der Waals surface area contributed by atoms with Crippen LogP contribution in [0.15, 0.2) is 71.9 Å². The number of nitrogens with zero attached hydrogens (tertiary/aromatic N) is 1. The van der Waals surface area contributed by atoms with E-state index in [2.05, 4.69) is 10.3 Å². The van der Waals surface area contributed by atoms with Gasteiger partial charge in [-0.15, -0.1) is 11.8 Å². The van der Waals surface area contributed by atoms with Crippen LogP contribution in [0.5, 0.6) is 0 Å². The summed E-state index contributed by atoms with van der Waals surface area (Å²) in [6.07, 6.45) is 1.82. The molecule has 1 aliphatic rings. The van der Waals surface area contributed by atoms with Gasteiger partial charge < -0.3 is 30.1 Å². The molecule has 10 nitrogen and oxygen atoms in total. The molecule has 3 aromatic rings. The first-order chi connectivity index (χ1) is 19.8. The number of thioether (sulfide) groups is 1. The molecule has 1 amide bonds. The second kappa shape index (κ2) is 14.7. The average molecular weight is 581 g/mol. The van der Waals surface area contributed by atoms with Crippen molar-refractivity contribution in [3.05, 3.63) is 89.1 Å². The van der Waals surface area contributed by atoms with Crippen molar-refractivity contribution in [2.24, 2.45) is 0 Å².